The minimum Gasteiger partial charge on any atom is -0.606 e. The van der Waals surface area contributed by atoms with Crippen LogP contribution in [-0.2, 0) is 24.9 Å². The van der Waals surface area contributed by atoms with Gasteiger partial charge in [0.25, 0.3) is 0 Å². The molecular weight excluding hydrogens is 387 g/mol. The number of hydrogen-bond donors (Lipinski definition) is 0. The van der Waals surface area contributed by atoms with Crippen molar-refractivity contribution in [3.8, 4) is 0 Å². The highest BCUT2D eigenvalue weighted by Gasteiger charge is 2.47. The molecule has 0 saturated carbocycles. The molecule has 29 heavy (non-hydrogen) atoms. The van der Waals surface area contributed by atoms with E-state index in [4.69, 9.17) is 18.3 Å². The largest absolute Gasteiger partial charge is 0.606 e. The molecule has 1 aromatic rings. The topological polar surface area (TPSA) is 60.0 Å². The van der Waals surface area contributed by atoms with Gasteiger partial charge in [0.2, 0.25) is 0 Å². The van der Waals surface area contributed by atoms with Crippen LogP contribution in [-0.4, -0.2) is 24.9 Å². The zero-order valence-corrected chi connectivity index (χ0v) is 18.4. The first-order valence-electron chi connectivity index (χ1n) is 10.5. The number of benzene rings is 1. The van der Waals surface area contributed by atoms with E-state index in [1.165, 1.54) is 5.57 Å². The van der Waals surface area contributed by atoms with E-state index >= 15 is 0 Å². The second-order valence-electron chi connectivity index (χ2n) is 8.21. The number of hydrogen-bond acceptors (Lipinski definition) is 5. The van der Waals surface area contributed by atoms with Crippen molar-refractivity contribution in [2.24, 2.45) is 0 Å². The van der Waals surface area contributed by atoms with Crippen molar-refractivity contribution < 1.29 is 23.2 Å². The molecule has 6 heteroatoms. The zero-order chi connectivity index (χ0) is 20.7. The van der Waals surface area contributed by atoms with Crippen LogP contribution in [0.1, 0.15) is 57.9 Å². The molecule has 5 nitrogen and oxygen atoms in total. The summed E-state index contributed by atoms with van der Waals surface area (Å²) in [5.41, 5.74) is 3.36. The lowest BCUT2D eigenvalue weighted by Gasteiger charge is -2.38. The van der Waals surface area contributed by atoms with Crippen molar-refractivity contribution in [3.05, 3.63) is 59.7 Å². The summed E-state index contributed by atoms with van der Waals surface area (Å²) in [6.07, 6.45) is 6.31. The summed E-state index contributed by atoms with van der Waals surface area (Å²) in [6, 6.07) is 10.00. The molecule has 0 spiro atoms. The Morgan fingerprint density at radius 2 is 1.97 bits per heavy atom. The standard InChI is InChI=1S/C23H33O5P/c1-18(2)13-22-15-23-14-19(3)9-7-8-12-21(26-29(24,27-22)28-23)17-25-16-20-10-5-4-6-11-20/h4-6,9-11,21-23H,1,7-8,12-17H2,2-3H3/b19-9-/t21-,22-,23-,29?/m1/s1. The Morgan fingerprint density at radius 3 is 2.72 bits per heavy atom. The van der Waals surface area contributed by atoms with Gasteiger partial charge in [0.1, 0.15) is 18.3 Å². The molecule has 0 amide bonds. The normalized spacial score (nSPS) is 32.7. The molecular formula is C23H33O5P. The average Bonchev–Trinajstić information content (AvgIpc) is 2.65. The van der Waals surface area contributed by atoms with Gasteiger partial charge in [-0.05, 0) is 51.5 Å². The van der Waals surface area contributed by atoms with Crippen LogP contribution in [0.15, 0.2) is 54.1 Å². The predicted octanol–water partition coefficient (Wildman–Crippen LogP) is 5.29. The van der Waals surface area contributed by atoms with Crippen LogP contribution in [0.2, 0.25) is 0 Å². The molecule has 2 bridgehead atoms. The first-order chi connectivity index (χ1) is 13.9. The molecule has 2 heterocycles. The van der Waals surface area contributed by atoms with Crippen LogP contribution < -0.4 is 4.89 Å². The SMILES string of the molecule is C=C(C)C[C@@H]1C[C@H]2C/C(C)=C\CCC[C@H](COCc3ccccc3)O[P+]([O-])(O1)O2. The summed E-state index contributed by atoms with van der Waals surface area (Å²) in [7, 11) is -3.66. The zero-order valence-electron chi connectivity index (χ0n) is 17.5. The first-order valence-corrected chi connectivity index (χ1v) is 11.9. The highest BCUT2D eigenvalue weighted by atomic mass is 31.2. The van der Waals surface area contributed by atoms with Gasteiger partial charge in [-0.25, -0.2) is 0 Å². The molecule has 0 aliphatic carbocycles. The van der Waals surface area contributed by atoms with Gasteiger partial charge < -0.3 is 9.63 Å². The molecule has 1 saturated heterocycles. The molecule has 1 aromatic carbocycles. The fraction of sp³-hybridized carbons (Fsp3) is 0.565. The van der Waals surface area contributed by atoms with E-state index < -0.39 is 8.17 Å². The Bertz CT molecular complexity index is 692. The van der Waals surface area contributed by atoms with E-state index in [1.54, 1.807) is 0 Å². The fourth-order valence-electron chi connectivity index (χ4n) is 3.82. The summed E-state index contributed by atoms with van der Waals surface area (Å²) in [4.78, 5) is 13.4. The van der Waals surface area contributed by atoms with Crippen molar-refractivity contribution >= 4 is 8.17 Å². The quantitative estimate of drug-likeness (QED) is 0.462. The van der Waals surface area contributed by atoms with E-state index in [2.05, 4.69) is 19.6 Å². The predicted molar refractivity (Wildman–Crippen MR) is 114 cm³/mol. The maximum atomic E-state index is 13.4. The van der Waals surface area contributed by atoms with Gasteiger partial charge in [-0.1, -0.05) is 47.6 Å². The Balaban J connectivity index is 1.67. The van der Waals surface area contributed by atoms with Crippen LogP contribution in [0.4, 0.5) is 0 Å². The third-order valence-corrected chi connectivity index (χ3v) is 6.79. The van der Waals surface area contributed by atoms with Crippen LogP contribution in [0.3, 0.4) is 0 Å². The van der Waals surface area contributed by atoms with E-state index in [9.17, 15) is 4.89 Å². The van der Waals surface area contributed by atoms with Crippen LogP contribution in [0.25, 0.3) is 0 Å². The van der Waals surface area contributed by atoms with Crippen molar-refractivity contribution in [2.75, 3.05) is 6.61 Å². The van der Waals surface area contributed by atoms with Crippen molar-refractivity contribution in [1.82, 2.24) is 0 Å². The van der Waals surface area contributed by atoms with Crippen LogP contribution in [0, 0.1) is 0 Å². The van der Waals surface area contributed by atoms with Crippen molar-refractivity contribution in [3.63, 3.8) is 0 Å². The molecule has 160 valence electrons. The van der Waals surface area contributed by atoms with Gasteiger partial charge in [0.15, 0.2) is 0 Å². The first kappa shape index (κ1) is 22.6. The van der Waals surface area contributed by atoms with Crippen molar-refractivity contribution in [1.29, 1.82) is 0 Å². The fourth-order valence-corrected chi connectivity index (χ4v) is 5.55. The van der Waals surface area contributed by atoms with Gasteiger partial charge in [-0.2, -0.15) is 13.6 Å². The number of ether oxygens (including phenoxy) is 1. The lowest BCUT2D eigenvalue weighted by atomic mass is 9.99. The molecule has 2 aliphatic rings. The maximum Gasteiger partial charge on any atom is 0.380 e. The highest BCUT2D eigenvalue weighted by Crippen LogP contribution is 2.61. The van der Waals surface area contributed by atoms with Gasteiger partial charge >= 0.3 is 8.17 Å². The summed E-state index contributed by atoms with van der Waals surface area (Å²) < 4.78 is 23.5. The molecule has 0 N–H and O–H groups in total. The van der Waals surface area contributed by atoms with Crippen LogP contribution in [0.5, 0.6) is 0 Å². The van der Waals surface area contributed by atoms with E-state index in [1.807, 2.05) is 37.3 Å². The minimum absolute atomic E-state index is 0.167. The highest BCUT2D eigenvalue weighted by molar-refractivity contribution is 7.54. The second-order valence-corrected chi connectivity index (χ2v) is 9.74. The average molecular weight is 420 g/mol. The monoisotopic (exact) mass is 420 g/mol. The molecule has 3 rings (SSSR count). The maximum absolute atomic E-state index is 13.4. The Kier molecular flexibility index (Phi) is 8.43. The van der Waals surface area contributed by atoms with E-state index in [0.717, 1.165) is 36.8 Å². The lowest BCUT2D eigenvalue weighted by molar-refractivity contribution is -0.273. The third kappa shape index (κ3) is 7.60. The number of rotatable bonds is 6. The Labute approximate surface area is 175 Å². The molecule has 2 aliphatic heterocycles. The Morgan fingerprint density at radius 1 is 1.21 bits per heavy atom. The second kappa shape index (κ2) is 10.8. The summed E-state index contributed by atoms with van der Waals surface area (Å²) in [5, 5.41) is 0. The third-order valence-electron chi connectivity index (χ3n) is 5.12. The van der Waals surface area contributed by atoms with Gasteiger partial charge in [0, 0.05) is 6.42 Å². The summed E-state index contributed by atoms with van der Waals surface area (Å²) in [6.45, 7) is 8.88. The van der Waals surface area contributed by atoms with Gasteiger partial charge in [-0.15, -0.1) is 6.58 Å². The number of allylic oxidation sites excluding steroid dienone is 1. The van der Waals surface area contributed by atoms with E-state index in [-0.39, 0.29) is 18.3 Å². The molecule has 0 aromatic heterocycles. The number of fused-ring (bicyclic) bond motifs is 2. The number of phosphoric acid groups is 1. The van der Waals surface area contributed by atoms with Crippen LogP contribution >= 0.6 is 8.17 Å². The number of phosphoric ester groups is 1. The molecule has 4 atom stereocenters. The van der Waals surface area contributed by atoms with E-state index in [0.29, 0.717) is 26.1 Å². The lowest BCUT2D eigenvalue weighted by Crippen LogP contribution is -2.38. The molecule has 1 unspecified atom stereocenters. The van der Waals surface area contributed by atoms with Crippen molar-refractivity contribution in [2.45, 2.75) is 77.3 Å². The summed E-state index contributed by atoms with van der Waals surface area (Å²) >= 11 is 0. The molecule has 1 fully saturated rings. The minimum atomic E-state index is -3.66. The Hall–Kier alpha value is -1.07. The van der Waals surface area contributed by atoms with Gasteiger partial charge in [0.05, 0.1) is 13.2 Å². The van der Waals surface area contributed by atoms with Gasteiger partial charge in [-0.3, -0.25) is 0 Å². The molecule has 0 radical (unpaired) electrons. The smallest absolute Gasteiger partial charge is 0.380 e. The summed E-state index contributed by atoms with van der Waals surface area (Å²) in [5.74, 6) is 0.